The van der Waals surface area contributed by atoms with Crippen LogP contribution in [-0.2, 0) is 4.79 Å². The van der Waals surface area contributed by atoms with Crippen molar-refractivity contribution in [2.45, 2.75) is 25.3 Å². The van der Waals surface area contributed by atoms with Gasteiger partial charge in [0, 0.05) is 45.2 Å². The van der Waals surface area contributed by atoms with E-state index in [0.717, 1.165) is 45.6 Å². The lowest BCUT2D eigenvalue weighted by Gasteiger charge is -2.34. The zero-order valence-electron chi connectivity index (χ0n) is 8.59. The van der Waals surface area contributed by atoms with Crippen molar-refractivity contribution in [1.82, 2.24) is 15.5 Å². The molecule has 0 aliphatic carbocycles. The maximum absolute atomic E-state index is 11.2. The minimum absolute atomic E-state index is 0.225. The molecule has 0 radical (unpaired) electrons. The van der Waals surface area contributed by atoms with E-state index in [-0.39, 0.29) is 5.91 Å². The van der Waals surface area contributed by atoms with Crippen LogP contribution >= 0.6 is 0 Å². The second kappa shape index (κ2) is 4.75. The molecule has 2 fully saturated rings. The van der Waals surface area contributed by atoms with Crippen molar-refractivity contribution in [3.05, 3.63) is 0 Å². The molecule has 4 heteroatoms. The summed E-state index contributed by atoms with van der Waals surface area (Å²) in [4.78, 5) is 13.7. The first-order chi connectivity index (χ1) is 6.86. The second-order valence-electron chi connectivity index (χ2n) is 4.12. The van der Waals surface area contributed by atoms with Crippen LogP contribution in [0.5, 0.6) is 0 Å². The van der Waals surface area contributed by atoms with Crippen molar-refractivity contribution in [1.29, 1.82) is 0 Å². The SMILES string of the molecule is O=C1CC[C@H](N2CCNCC2)CCN1. The van der Waals surface area contributed by atoms with Crippen LogP contribution < -0.4 is 10.6 Å². The lowest BCUT2D eigenvalue weighted by atomic mass is 10.1. The van der Waals surface area contributed by atoms with Crippen LogP contribution in [0.4, 0.5) is 0 Å². The summed E-state index contributed by atoms with van der Waals surface area (Å²) >= 11 is 0. The molecule has 2 saturated heterocycles. The Kier molecular flexibility index (Phi) is 3.37. The summed E-state index contributed by atoms with van der Waals surface area (Å²) < 4.78 is 0. The summed E-state index contributed by atoms with van der Waals surface area (Å²) in [6, 6.07) is 0.621. The molecule has 2 aliphatic rings. The molecular weight excluding hydrogens is 178 g/mol. The van der Waals surface area contributed by atoms with Gasteiger partial charge in [0.15, 0.2) is 0 Å². The van der Waals surface area contributed by atoms with Crippen LogP contribution in [0.15, 0.2) is 0 Å². The molecule has 0 aromatic heterocycles. The molecule has 0 spiro atoms. The molecule has 14 heavy (non-hydrogen) atoms. The molecule has 2 rings (SSSR count). The second-order valence-corrected chi connectivity index (χ2v) is 4.12. The maximum Gasteiger partial charge on any atom is 0.220 e. The topological polar surface area (TPSA) is 44.4 Å². The third kappa shape index (κ3) is 2.45. The van der Waals surface area contributed by atoms with E-state index < -0.39 is 0 Å². The third-order valence-electron chi connectivity index (χ3n) is 3.17. The van der Waals surface area contributed by atoms with Gasteiger partial charge >= 0.3 is 0 Å². The molecule has 4 nitrogen and oxygen atoms in total. The average Bonchev–Trinajstić information content (AvgIpc) is 2.44. The predicted molar refractivity (Wildman–Crippen MR) is 55.1 cm³/mol. The van der Waals surface area contributed by atoms with Gasteiger partial charge in [0.05, 0.1) is 0 Å². The van der Waals surface area contributed by atoms with E-state index in [1.807, 2.05) is 0 Å². The number of nitrogens with one attached hydrogen (secondary N) is 2. The van der Waals surface area contributed by atoms with Gasteiger partial charge in [0.2, 0.25) is 5.91 Å². The highest BCUT2D eigenvalue weighted by Crippen LogP contribution is 2.14. The highest BCUT2D eigenvalue weighted by molar-refractivity contribution is 5.76. The van der Waals surface area contributed by atoms with Gasteiger partial charge in [0.25, 0.3) is 0 Å². The number of carbonyl (C=O) groups is 1. The molecule has 2 N–H and O–H groups in total. The number of rotatable bonds is 1. The van der Waals surface area contributed by atoms with Gasteiger partial charge in [-0.2, -0.15) is 0 Å². The van der Waals surface area contributed by atoms with E-state index in [9.17, 15) is 4.79 Å². The van der Waals surface area contributed by atoms with Crippen LogP contribution in [0.2, 0.25) is 0 Å². The highest BCUT2D eigenvalue weighted by atomic mass is 16.1. The first-order valence-electron chi connectivity index (χ1n) is 5.58. The molecule has 80 valence electrons. The molecule has 0 aromatic carbocycles. The van der Waals surface area contributed by atoms with Gasteiger partial charge in [0.1, 0.15) is 0 Å². The quantitative estimate of drug-likeness (QED) is 0.599. The van der Waals surface area contributed by atoms with Crippen molar-refractivity contribution in [2.24, 2.45) is 0 Å². The highest BCUT2D eigenvalue weighted by Gasteiger charge is 2.23. The minimum Gasteiger partial charge on any atom is -0.356 e. The largest absolute Gasteiger partial charge is 0.356 e. The van der Waals surface area contributed by atoms with E-state index in [1.165, 1.54) is 0 Å². The molecule has 1 amide bonds. The lowest BCUT2D eigenvalue weighted by Crippen LogP contribution is -2.48. The van der Waals surface area contributed by atoms with Gasteiger partial charge in [-0.1, -0.05) is 0 Å². The number of hydrogen-bond donors (Lipinski definition) is 2. The van der Waals surface area contributed by atoms with Crippen molar-refractivity contribution in [3.8, 4) is 0 Å². The summed E-state index contributed by atoms with van der Waals surface area (Å²) in [6.07, 6.45) is 2.85. The number of piperazine rings is 1. The average molecular weight is 197 g/mol. The van der Waals surface area contributed by atoms with Gasteiger partial charge in [-0.3, -0.25) is 9.69 Å². The number of carbonyl (C=O) groups excluding carboxylic acids is 1. The van der Waals surface area contributed by atoms with Crippen molar-refractivity contribution in [3.63, 3.8) is 0 Å². The van der Waals surface area contributed by atoms with Crippen molar-refractivity contribution < 1.29 is 4.79 Å². The summed E-state index contributed by atoms with van der Waals surface area (Å²) in [5.74, 6) is 0.225. The fourth-order valence-corrected chi connectivity index (χ4v) is 2.32. The number of amides is 1. The number of hydrogen-bond acceptors (Lipinski definition) is 3. The predicted octanol–water partition coefficient (Wildman–Crippen LogP) is -0.440. The van der Waals surface area contributed by atoms with Crippen LogP contribution in [0.3, 0.4) is 0 Å². The summed E-state index contributed by atoms with van der Waals surface area (Å²) in [5, 5.41) is 6.29. The van der Waals surface area contributed by atoms with E-state index in [1.54, 1.807) is 0 Å². The first kappa shape index (κ1) is 9.93. The Morgan fingerprint density at radius 2 is 1.93 bits per heavy atom. The third-order valence-corrected chi connectivity index (χ3v) is 3.17. The first-order valence-corrected chi connectivity index (χ1v) is 5.58. The summed E-state index contributed by atoms with van der Waals surface area (Å²) in [6.45, 7) is 5.32. The van der Waals surface area contributed by atoms with Crippen LogP contribution in [0, 0.1) is 0 Å². The maximum atomic E-state index is 11.2. The van der Waals surface area contributed by atoms with Crippen LogP contribution in [0.25, 0.3) is 0 Å². The summed E-state index contributed by atoms with van der Waals surface area (Å²) in [5.41, 5.74) is 0. The van der Waals surface area contributed by atoms with Gasteiger partial charge in [-0.25, -0.2) is 0 Å². The standard InChI is InChI=1S/C10H19N3O/c14-10-2-1-9(3-4-12-10)13-7-5-11-6-8-13/h9,11H,1-8H2,(H,12,14)/t9-/m0/s1. The minimum atomic E-state index is 0.225. The van der Waals surface area contributed by atoms with Gasteiger partial charge in [-0.05, 0) is 12.8 Å². The Morgan fingerprint density at radius 3 is 2.71 bits per heavy atom. The normalized spacial score (nSPS) is 30.9. The van der Waals surface area contributed by atoms with E-state index in [4.69, 9.17) is 0 Å². The van der Waals surface area contributed by atoms with Crippen LogP contribution in [-0.4, -0.2) is 49.6 Å². The Labute approximate surface area is 85.0 Å². The zero-order valence-corrected chi connectivity index (χ0v) is 8.59. The summed E-state index contributed by atoms with van der Waals surface area (Å²) in [7, 11) is 0. The Bertz CT molecular complexity index is 202. The molecule has 0 bridgehead atoms. The molecular formula is C10H19N3O. The molecule has 2 heterocycles. The number of nitrogens with zero attached hydrogens (tertiary/aromatic N) is 1. The Balaban J connectivity index is 1.86. The zero-order chi connectivity index (χ0) is 9.80. The molecule has 0 unspecified atom stereocenters. The molecule has 1 atom stereocenters. The van der Waals surface area contributed by atoms with Crippen molar-refractivity contribution in [2.75, 3.05) is 32.7 Å². The van der Waals surface area contributed by atoms with Gasteiger partial charge < -0.3 is 10.6 Å². The monoisotopic (exact) mass is 197 g/mol. The molecule has 0 saturated carbocycles. The fraction of sp³-hybridized carbons (Fsp3) is 0.900. The van der Waals surface area contributed by atoms with E-state index in [0.29, 0.717) is 12.5 Å². The van der Waals surface area contributed by atoms with Crippen LogP contribution in [0.1, 0.15) is 19.3 Å². The van der Waals surface area contributed by atoms with Gasteiger partial charge in [-0.15, -0.1) is 0 Å². The van der Waals surface area contributed by atoms with E-state index in [2.05, 4.69) is 15.5 Å². The van der Waals surface area contributed by atoms with Crippen molar-refractivity contribution >= 4 is 5.91 Å². The smallest absolute Gasteiger partial charge is 0.220 e. The molecule has 2 aliphatic heterocycles. The lowest BCUT2D eigenvalue weighted by molar-refractivity contribution is -0.120. The van der Waals surface area contributed by atoms with E-state index >= 15 is 0 Å². The Hall–Kier alpha value is -0.610. The Morgan fingerprint density at radius 1 is 1.14 bits per heavy atom. The molecule has 0 aromatic rings. The fourth-order valence-electron chi connectivity index (χ4n) is 2.32.